The third-order valence-electron chi connectivity index (χ3n) is 2.19. The van der Waals surface area contributed by atoms with E-state index in [1.165, 1.54) is 0 Å². The molecule has 3 nitrogen and oxygen atoms in total. The zero-order valence-electron chi connectivity index (χ0n) is 6.57. The second-order valence-corrected chi connectivity index (χ2v) is 3.04. The fourth-order valence-electron chi connectivity index (χ4n) is 1.53. The van der Waals surface area contributed by atoms with Gasteiger partial charge in [0.1, 0.15) is 0 Å². The topological polar surface area (TPSA) is 15.7 Å². The Kier molecular flexibility index (Phi) is 1.74. The highest BCUT2D eigenvalue weighted by Gasteiger charge is 2.23. The molecule has 61 valence electrons. The van der Waals surface area contributed by atoms with Crippen molar-refractivity contribution in [2.45, 2.75) is 6.04 Å². The average molecular weight is 153 g/mol. The Hall–Kier alpha value is -0.700. The van der Waals surface area contributed by atoms with Crippen molar-refractivity contribution in [3.05, 3.63) is 19.4 Å². The SMILES string of the molecule is [CH2]N1C=CN2CCOCC2C1. The molecule has 1 atom stereocenters. The molecule has 2 aliphatic rings. The maximum absolute atomic E-state index is 5.36. The van der Waals surface area contributed by atoms with Gasteiger partial charge in [-0.05, 0) is 0 Å². The predicted molar refractivity (Wildman–Crippen MR) is 42.5 cm³/mol. The minimum absolute atomic E-state index is 0.520. The maximum atomic E-state index is 5.36. The molecule has 3 heteroatoms. The molecule has 0 N–H and O–H groups in total. The van der Waals surface area contributed by atoms with E-state index in [-0.39, 0.29) is 0 Å². The monoisotopic (exact) mass is 153 g/mol. The molecule has 0 amide bonds. The molecule has 1 radical (unpaired) electrons. The van der Waals surface area contributed by atoms with Gasteiger partial charge in [-0.1, -0.05) is 0 Å². The Labute approximate surface area is 67.2 Å². The van der Waals surface area contributed by atoms with E-state index < -0.39 is 0 Å². The van der Waals surface area contributed by atoms with Gasteiger partial charge in [0.2, 0.25) is 0 Å². The van der Waals surface area contributed by atoms with Crippen LogP contribution in [0.4, 0.5) is 0 Å². The minimum Gasteiger partial charge on any atom is -0.377 e. The highest BCUT2D eigenvalue weighted by atomic mass is 16.5. The van der Waals surface area contributed by atoms with E-state index in [1.54, 1.807) is 0 Å². The van der Waals surface area contributed by atoms with Crippen molar-refractivity contribution in [1.29, 1.82) is 0 Å². The van der Waals surface area contributed by atoms with E-state index in [2.05, 4.69) is 18.1 Å². The largest absolute Gasteiger partial charge is 0.377 e. The summed E-state index contributed by atoms with van der Waals surface area (Å²) in [5.41, 5.74) is 0. The number of rotatable bonds is 0. The van der Waals surface area contributed by atoms with Crippen molar-refractivity contribution in [1.82, 2.24) is 9.80 Å². The van der Waals surface area contributed by atoms with Crippen LogP contribution in [0.1, 0.15) is 0 Å². The van der Waals surface area contributed by atoms with Gasteiger partial charge in [0.25, 0.3) is 0 Å². The van der Waals surface area contributed by atoms with E-state index in [0.717, 1.165) is 26.3 Å². The van der Waals surface area contributed by atoms with E-state index in [1.807, 2.05) is 11.1 Å². The number of hydrogen-bond acceptors (Lipinski definition) is 3. The molecule has 2 rings (SSSR count). The Bertz CT molecular complexity index is 169. The van der Waals surface area contributed by atoms with Crippen LogP contribution in [-0.2, 0) is 4.74 Å². The second kappa shape index (κ2) is 2.74. The van der Waals surface area contributed by atoms with Crippen LogP contribution in [0.2, 0.25) is 0 Å². The van der Waals surface area contributed by atoms with Crippen molar-refractivity contribution in [2.75, 3.05) is 26.3 Å². The first kappa shape index (κ1) is 6.98. The zero-order valence-corrected chi connectivity index (χ0v) is 6.57. The van der Waals surface area contributed by atoms with Gasteiger partial charge >= 0.3 is 0 Å². The van der Waals surface area contributed by atoms with Crippen LogP contribution in [0.5, 0.6) is 0 Å². The van der Waals surface area contributed by atoms with Crippen molar-refractivity contribution < 1.29 is 4.74 Å². The molecule has 0 bridgehead atoms. The molecule has 2 aliphatic heterocycles. The molecule has 0 spiro atoms. The highest BCUT2D eigenvalue weighted by molar-refractivity contribution is 4.96. The molecular weight excluding hydrogens is 140 g/mol. The lowest BCUT2D eigenvalue weighted by molar-refractivity contribution is 0.00353. The molecule has 0 aliphatic carbocycles. The lowest BCUT2D eigenvalue weighted by Gasteiger charge is -2.40. The van der Waals surface area contributed by atoms with Crippen LogP contribution in [0.15, 0.2) is 12.4 Å². The maximum Gasteiger partial charge on any atom is 0.0694 e. The number of hydrogen-bond donors (Lipinski definition) is 0. The van der Waals surface area contributed by atoms with Crippen LogP contribution in [0.25, 0.3) is 0 Å². The van der Waals surface area contributed by atoms with Gasteiger partial charge in [-0.2, -0.15) is 0 Å². The molecule has 1 unspecified atom stereocenters. The van der Waals surface area contributed by atoms with Crippen molar-refractivity contribution in [3.8, 4) is 0 Å². The normalized spacial score (nSPS) is 30.5. The minimum atomic E-state index is 0.520. The third kappa shape index (κ3) is 1.33. The Balaban J connectivity index is 2.05. The molecule has 0 saturated carbocycles. The van der Waals surface area contributed by atoms with Gasteiger partial charge in [-0.25, -0.2) is 0 Å². The van der Waals surface area contributed by atoms with E-state index in [9.17, 15) is 0 Å². The highest BCUT2D eigenvalue weighted by Crippen LogP contribution is 2.13. The summed E-state index contributed by atoms with van der Waals surface area (Å²) >= 11 is 0. The lowest BCUT2D eigenvalue weighted by atomic mass is 10.2. The summed E-state index contributed by atoms with van der Waals surface area (Å²) in [5.74, 6) is 0. The first-order valence-corrected chi connectivity index (χ1v) is 3.95. The molecule has 11 heavy (non-hydrogen) atoms. The standard InChI is InChI=1S/C8H13N2O/c1-9-2-3-10-4-5-11-7-8(10)6-9/h2-3,8H,1,4-7H2. The summed E-state index contributed by atoms with van der Waals surface area (Å²) in [4.78, 5) is 4.28. The molecule has 2 heterocycles. The average Bonchev–Trinajstić information content (AvgIpc) is 2.04. The quantitative estimate of drug-likeness (QED) is 0.496. The van der Waals surface area contributed by atoms with Gasteiger partial charge in [0.15, 0.2) is 0 Å². The Morgan fingerprint density at radius 1 is 1.45 bits per heavy atom. The van der Waals surface area contributed by atoms with Crippen LogP contribution in [-0.4, -0.2) is 42.1 Å². The van der Waals surface area contributed by atoms with Crippen molar-refractivity contribution >= 4 is 0 Å². The molecule has 1 fully saturated rings. The second-order valence-electron chi connectivity index (χ2n) is 3.04. The van der Waals surface area contributed by atoms with Crippen LogP contribution in [0, 0.1) is 7.05 Å². The number of ether oxygens (including phenoxy) is 1. The molecule has 0 aromatic rings. The van der Waals surface area contributed by atoms with Crippen molar-refractivity contribution in [3.63, 3.8) is 0 Å². The van der Waals surface area contributed by atoms with Gasteiger partial charge in [-0.15, -0.1) is 0 Å². The molecular formula is C8H13N2O. The van der Waals surface area contributed by atoms with Crippen LogP contribution >= 0.6 is 0 Å². The van der Waals surface area contributed by atoms with Gasteiger partial charge in [0.05, 0.1) is 19.3 Å². The summed E-state index contributed by atoms with van der Waals surface area (Å²) in [6.45, 7) is 3.71. The zero-order chi connectivity index (χ0) is 7.68. The fraction of sp³-hybridized carbons (Fsp3) is 0.625. The number of fused-ring (bicyclic) bond motifs is 1. The summed E-state index contributed by atoms with van der Waals surface area (Å²) in [6, 6.07) is 0.520. The molecule has 1 saturated heterocycles. The smallest absolute Gasteiger partial charge is 0.0694 e. The van der Waals surface area contributed by atoms with Crippen molar-refractivity contribution in [2.24, 2.45) is 0 Å². The molecule has 0 aromatic heterocycles. The lowest BCUT2D eigenvalue weighted by Crippen LogP contribution is -2.49. The van der Waals surface area contributed by atoms with E-state index in [0.29, 0.717) is 6.04 Å². The fourth-order valence-corrected chi connectivity index (χ4v) is 1.53. The third-order valence-corrected chi connectivity index (χ3v) is 2.19. The van der Waals surface area contributed by atoms with Gasteiger partial charge in [0, 0.05) is 32.5 Å². The summed E-state index contributed by atoms with van der Waals surface area (Å²) < 4.78 is 5.36. The Morgan fingerprint density at radius 2 is 2.36 bits per heavy atom. The van der Waals surface area contributed by atoms with Gasteiger partial charge < -0.3 is 14.5 Å². The van der Waals surface area contributed by atoms with Crippen LogP contribution < -0.4 is 0 Å². The van der Waals surface area contributed by atoms with E-state index >= 15 is 0 Å². The van der Waals surface area contributed by atoms with Crippen LogP contribution in [0.3, 0.4) is 0 Å². The summed E-state index contributed by atoms with van der Waals surface area (Å²) in [7, 11) is 3.85. The van der Waals surface area contributed by atoms with Gasteiger partial charge in [-0.3, -0.25) is 0 Å². The first-order chi connectivity index (χ1) is 5.36. The number of nitrogens with zero attached hydrogens (tertiary/aromatic N) is 2. The first-order valence-electron chi connectivity index (χ1n) is 3.95. The Morgan fingerprint density at radius 3 is 3.27 bits per heavy atom. The summed E-state index contributed by atoms with van der Waals surface area (Å²) in [6.07, 6.45) is 4.12. The number of morpholine rings is 1. The van der Waals surface area contributed by atoms with E-state index in [4.69, 9.17) is 4.74 Å². The summed E-state index contributed by atoms with van der Waals surface area (Å²) in [5, 5.41) is 0. The molecule has 0 aromatic carbocycles. The predicted octanol–water partition coefficient (Wildman–Crippen LogP) is 0.266.